The van der Waals surface area contributed by atoms with Crippen molar-refractivity contribution < 1.29 is 9.47 Å². The molecule has 2 aromatic carbocycles. The quantitative estimate of drug-likeness (QED) is 0.330. The summed E-state index contributed by atoms with van der Waals surface area (Å²) in [5.74, 6) is 1.94. The first-order valence-electron chi connectivity index (χ1n) is 11.2. The second kappa shape index (κ2) is 9.61. The number of fused-ring (bicyclic) bond motifs is 1. The van der Waals surface area contributed by atoms with Crippen LogP contribution in [0, 0.1) is 0 Å². The molecule has 0 amide bonds. The molecule has 0 radical (unpaired) electrons. The summed E-state index contributed by atoms with van der Waals surface area (Å²) in [6, 6.07) is 15.2. The van der Waals surface area contributed by atoms with Gasteiger partial charge in [-0.2, -0.15) is 4.98 Å². The second-order valence-electron chi connectivity index (χ2n) is 8.63. The average Bonchev–Trinajstić information content (AvgIpc) is 2.82. The lowest BCUT2D eigenvalue weighted by Crippen LogP contribution is -2.59. The van der Waals surface area contributed by atoms with E-state index in [1.54, 1.807) is 19.4 Å². The number of hydrogen-bond acceptors (Lipinski definition) is 9. The Morgan fingerprint density at radius 2 is 1.71 bits per heavy atom. The van der Waals surface area contributed by atoms with Crippen LogP contribution in [0.5, 0.6) is 5.75 Å². The number of rotatable bonds is 8. The molecule has 180 valence electrons. The molecule has 0 atom stereocenters. The van der Waals surface area contributed by atoms with Crippen LogP contribution in [0.3, 0.4) is 0 Å². The molecule has 1 aliphatic carbocycles. The molecule has 2 N–H and O–H groups in total. The zero-order chi connectivity index (χ0) is 24.4. The first kappa shape index (κ1) is 23.2. The van der Waals surface area contributed by atoms with Gasteiger partial charge in [0.25, 0.3) is 0 Å². The lowest BCUT2D eigenvalue weighted by molar-refractivity contribution is -0.204. The predicted octanol–water partition coefficient (Wildman–Crippen LogP) is 5.01. The maximum Gasteiger partial charge on any atom is 0.229 e. The van der Waals surface area contributed by atoms with Crippen LogP contribution < -0.4 is 15.4 Å². The first-order chi connectivity index (χ1) is 16.9. The molecule has 4 aromatic rings. The summed E-state index contributed by atoms with van der Waals surface area (Å²) in [7, 11) is 5.80. The summed E-state index contributed by atoms with van der Waals surface area (Å²) >= 11 is 5.96. The van der Waals surface area contributed by atoms with Crippen LogP contribution in [0.2, 0.25) is 5.15 Å². The summed E-state index contributed by atoms with van der Waals surface area (Å²) in [6.07, 6.45) is 5.03. The zero-order valence-electron chi connectivity index (χ0n) is 19.7. The fourth-order valence-electron chi connectivity index (χ4n) is 4.09. The monoisotopic (exact) mass is 491 g/mol. The highest BCUT2D eigenvalue weighted by atomic mass is 35.5. The largest absolute Gasteiger partial charge is 0.490 e. The first-order valence-corrected chi connectivity index (χ1v) is 11.6. The molecule has 0 saturated heterocycles. The van der Waals surface area contributed by atoms with Crippen LogP contribution >= 0.6 is 11.6 Å². The van der Waals surface area contributed by atoms with Crippen LogP contribution in [-0.4, -0.2) is 57.9 Å². The molecular formula is C25H26ClN7O2. The van der Waals surface area contributed by atoms with Crippen LogP contribution in [0.1, 0.15) is 12.8 Å². The molecule has 5 rings (SSSR count). The smallest absolute Gasteiger partial charge is 0.229 e. The summed E-state index contributed by atoms with van der Waals surface area (Å²) in [6.45, 7) is 0. The van der Waals surface area contributed by atoms with Crippen LogP contribution in [0.4, 0.5) is 23.1 Å². The Balaban J connectivity index is 1.20. The van der Waals surface area contributed by atoms with E-state index in [9.17, 15) is 0 Å². The molecule has 0 aliphatic heterocycles. The van der Waals surface area contributed by atoms with Gasteiger partial charge in [-0.05, 0) is 62.6 Å². The van der Waals surface area contributed by atoms with E-state index in [4.69, 9.17) is 21.1 Å². The van der Waals surface area contributed by atoms with E-state index < -0.39 is 0 Å². The average molecular weight is 492 g/mol. The maximum atomic E-state index is 6.09. The molecule has 1 aliphatic rings. The number of ether oxygens (including phenoxy) is 2. The van der Waals surface area contributed by atoms with Crippen LogP contribution in [0.25, 0.3) is 11.0 Å². The number of methoxy groups -OCH3 is 1. The Bertz CT molecular complexity index is 1330. The number of anilines is 4. The van der Waals surface area contributed by atoms with Crippen molar-refractivity contribution in [3.05, 3.63) is 66.1 Å². The minimum atomic E-state index is -0.226. The molecular weight excluding hydrogens is 466 g/mol. The summed E-state index contributed by atoms with van der Waals surface area (Å²) in [4.78, 5) is 19.5. The Hall–Kier alpha value is -3.53. The van der Waals surface area contributed by atoms with Crippen molar-refractivity contribution in [2.75, 3.05) is 31.8 Å². The summed E-state index contributed by atoms with van der Waals surface area (Å²) in [5, 5.41) is 6.85. The highest BCUT2D eigenvalue weighted by Gasteiger charge is 2.48. The predicted molar refractivity (Wildman–Crippen MR) is 137 cm³/mol. The van der Waals surface area contributed by atoms with E-state index in [0.717, 1.165) is 35.5 Å². The summed E-state index contributed by atoms with van der Waals surface area (Å²) in [5.41, 5.74) is 2.93. The van der Waals surface area contributed by atoms with E-state index >= 15 is 0 Å². The van der Waals surface area contributed by atoms with Gasteiger partial charge in [0.2, 0.25) is 5.95 Å². The number of halogens is 1. The molecule has 2 heterocycles. The Kier molecular flexibility index (Phi) is 6.38. The lowest BCUT2D eigenvalue weighted by Gasteiger charge is -2.50. The Labute approximate surface area is 208 Å². The van der Waals surface area contributed by atoms with Gasteiger partial charge < -0.3 is 20.1 Å². The van der Waals surface area contributed by atoms with E-state index in [-0.39, 0.29) is 11.8 Å². The van der Waals surface area contributed by atoms with Gasteiger partial charge in [-0.3, -0.25) is 9.88 Å². The van der Waals surface area contributed by atoms with E-state index in [1.165, 1.54) is 6.20 Å². The van der Waals surface area contributed by atoms with E-state index in [2.05, 4.69) is 35.5 Å². The molecule has 10 heteroatoms. The van der Waals surface area contributed by atoms with E-state index in [1.807, 2.05) is 56.6 Å². The Morgan fingerprint density at radius 1 is 0.943 bits per heavy atom. The fraction of sp³-hybridized carbons (Fsp3) is 0.280. The van der Waals surface area contributed by atoms with Gasteiger partial charge in [0, 0.05) is 37.5 Å². The van der Waals surface area contributed by atoms with Crippen molar-refractivity contribution in [2.45, 2.75) is 24.7 Å². The zero-order valence-corrected chi connectivity index (χ0v) is 20.5. The molecule has 2 aromatic heterocycles. The third-order valence-corrected chi connectivity index (χ3v) is 6.32. The molecule has 1 fully saturated rings. The van der Waals surface area contributed by atoms with Gasteiger partial charge in [0.05, 0.1) is 17.2 Å². The third kappa shape index (κ3) is 5.12. The lowest BCUT2D eigenvalue weighted by atomic mass is 9.83. The van der Waals surface area contributed by atoms with Crippen LogP contribution in [-0.2, 0) is 4.74 Å². The van der Waals surface area contributed by atoms with Gasteiger partial charge in [-0.25, -0.2) is 9.97 Å². The van der Waals surface area contributed by atoms with Crippen molar-refractivity contribution in [1.29, 1.82) is 0 Å². The molecule has 0 spiro atoms. The highest BCUT2D eigenvalue weighted by Crippen LogP contribution is 2.39. The maximum absolute atomic E-state index is 6.09. The van der Waals surface area contributed by atoms with Crippen LogP contribution in [0.15, 0.2) is 60.9 Å². The molecule has 0 bridgehead atoms. The number of aromatic nitrogens is 4. The molecule has 9 nitrogen and oxygen atoms in total. The van der Waals surface area contributed by atoms with Gasteiger partial charge in [-0.1, -0.05) is 11.6 Å². The fourth-order valence-corrected chi connectivity index (χ4v) is 4.23. The topological polar surface area (TPSA) is 97.3 Å². The molecule has 1 saturated carbocycles. The second-order valence-corrected chi connectivity index (χ2v) is 9.02. The normalized spacial score (nSPS) is 19.4. The Morgan fingerprint density at radius 3 is 2.46 bits per heavy atom. The minimum absolute atomic E-state index is 0.138. The van der Waals surface area contributed by atoms with Gasteiger partial charge in [-0.15, -0.1) is 0 Å². The number of benzene rings is 2. The van der Waals surface area contributed by atoms with Gasteiger partial charge in [0.1, 0.15) is 28.5 Å². The van der Waals surface area contributed by atoms with Crippen molar-refractivity contribution in [2.24, 2.45) is 0 Å². The highest BCUT2D eigenvalue weighted by molar-refractivity contribution is 6.29. The number of nitrogens with zero attached hydrogens (tertiary/aromatic N) is 5. The van der Waals surface area contributed by atoms with Crippen molar-refractivity contribution >= 4 is 45.8 Å². The van der Waals surface area contributed by atoms with E-state index in [0.29, 0.717) is 22.4 Å². The van der Waals surface area contributed by atoms with Crippen molar-refractivity contribution in [3.63, 3.8) is 0 Å². The van der Waals surface area contributed by atoms with Gasteiger partial charge >= 0.3 is 0 Å². The third-order valence-electron chi connectivity index (χ3n) is 6.14. The standard InChI is InChI=1S/C25H26ClN7O2/c1-33(2)25(34-3)13-19(14-25)35-18-7-4-16(5-8-18)30-24-27-11-10-23(32-24)29-17-6-9-20-21(12-17)31-22(26)15-28-20/h4-12,15,19H,13-14H2,1-3H3,(H2,27,29,30,32). The van der Waals surface area contributed by atoms with Gasteiger partial charge in [0.15, 0.2) is 0 Å². The molecule has 0 unspecified atom stereocenters. The summed E-state index contributed by atoms with van der Waals surface area (Å²) < 4.78 is 11.8. The minimum Gasteiger partial charge on any atom is -0.490 e. The molecule has 35 heavy (non-hydrogen) atoms. The van der Waals surface area contributed by atoms with Crippen molar-refractivity contribution in [1.82, 2.24) is 24.8 Å². The number of nitrogens with one attached hydrogen (secondary N) is 2. The van der Waals surface area contributed by atoms with Crippen molar-refractivity contribution in [3.8, 4) is 5.75 Å². The number of hydrogen-bond donors (Lipinski definition) is 2. The SMILES string of the molecule is COC1(N(C)C)CC(Oc2ccc(Nc3nccc(Nc4ccc5ncc(Cl)nc5c4)n3)cc2)C1.